The van der Waals surface area contributed by atoms with Crippen molar-refractivity contribution < 1.29 is 28.4 Å². The smallest absolute Gasteiger partial charge is 0.410 e. The Bertz CT molecular complexity index is 1050. The topological polar surface area (TPSA) is 124 Å². The molecule has 10 heteroatoms. The van der Waals surface area contributed by atoms with E-state index in [1.54, 1.807) is 79.8 Å². The Morgan fingerprint density at radius 1 is 1.08 bits per heavy atom. The second-order valence-electron chi connectivity index (χ2n) is 10.7. The number of carbonyl (C=O) groups is 3. The number of amides is 2. The van der Waals surface area contributed by atoms with Gasteiger partial charge in [-0.05, 0) is 66.5 Å². The molecule has 36 heavy (non-hydrogen) atoms. The van der Waals surface area contributed by atoms with Crippen LogP contribution in [0.1, 0.15) is 77.1 Å². The number of rotatable bonds is 9. The summed E-state index contributed by atoms with van der Waals surface area (Å²) in [6.45, 7) is 12.9. The fourth-order valence-electron chi connectivity index (χ4n) is 3.30. The zero-order chi connectivity index (χ0) is 27.1. The molecule has 2 amide bonds. The van der Waals surface area contributed by atoms with Crippen molar-refractivity contribution in [2.75, 3.05) is 13.6 Å². The van der Waals surface area contributed by atoms with Gasteiger partial charge in [-0.15, -0.1) is 0 Å². The molecule has 0 aliphatic heterocycles. The van der Waals surface area contributed by atoms with E-state index < -0.39 is 29.3 Å². The van der Waals surface area contributed by atoms with Gasteiger partial charge < -0.3 is 24.2 Å². The number of esters is 1. The van der Waals surface area contributed by atoms with Crippen LogP contribution < -0.4 is 5.32 Å². The van der Waals surface area contributed by atoms with Crippen LogP contribution in [-0.2, 0) is 14.3 Å². The van der Waals surface area contributed by atoms with Gasteiger partial charge >= 0.3 is 12.1 Å². The van der Waals surface area contributed by atoms with Crippen LogP contribution in [-0.4, -0.2) is 63.8 Å². The summed E-state index contributed by atoms with van der Waals surface area (Å²) >= 11 is 0. The maximum atomic E-state index is 13.1. The fourth-order valence-corrected chi connectivity index (χ4v) is 3.30. The lowest BCUT2D eigenvalue weighted by Crippen LogP contribution is -2.39. The van der Waals surface area contributed by atoms with Crippen molar-refractivity contribution >= 4 is 18.0 Å². The average molecular weight is 503 g/mol. The summed E-state index contributed by atoms with van der Waals surface area (Å²) in [5, 5.41) is 6.83. The van der Waals surface area contributed by atoms with Crippen LogP contribution in [0, 0.1) is 6.92 Å². The maximum absolute atomic E-state index is 13.1. The lowest BCUT2D eigenvalue weighted by atomic mass is 10.1. The van der Waals surface area contributed by atoms with E-state index in [-0.39, 0.29) is 12.3 Å². The van der Waals surface area contributed by atoms with Crippen molar-refractivity contribution in [2.24, 2.45) is 0 Å². The Morgan fingerprint density at radius 2 is 1.75 bits per heavy atom. The van der Waals surface area contributed by atoms with Gasteiger partial charge in [0.2, 0.25) is 11.7 Å². The van der Waals surface area contributed by atoms with Crippen LogP contribution in [0.5, 0.6) is 0 Å². The van der Waals surface area contributed by atoms with E-state index in [4.69, 9.17) is 14.0 Å². The van der Waals surface area contributed by atoms with Crippen molar-refractivity contribution in [2.45, 2.75) is 85.0 Å². The van der Waals surface area contributed by atoms with E-state index in [9.17, 15) is 14.4 Å². The number of aryl methyl sites for hydroxylation is 1. The lowest BCUT2D eigenvalue weighted by molar-refractivity contribution is -0.155. The molecule has 1 aromatic carbocycles. The molecule has 2 aromatic rings. The van der Waals surface area contributed by atoms with Crippen LogP contribution >= 0.6 is 0 Å². The van der Waals surface area contributed by atoms with Gasteiger partial charge in [0, 0.05) is 37.7 Å². The number of benzene rings is 1. The molecule has 2 rings (SSSR count). The van der Waals surface area contributed by atoms with Crippen molar-refractivity contribution in [1.82, 2.24) is 20.4 Å². The second-order valence-corrected chi connectivity index (χ2v) is 10.7. The minimum Gasteiger partial charge on any atom is -0.460 e. The Hall–Kier alpha value is -3.43. The highest BCUT2D eigenvalue weighted by molar-refractivity contribution is 5.95. The van der Waals surface area contributed by atoms with Gasteiger partial charge in [-0.25, -0.2) is 4.79 Å². The van der Waals surface area contributed by atoms with Crippen molar-refractivity contribution in [3.05, 3.63) is 35.7 Å². The number of aromatic nitrogens is 2. The van der Waals surface area contributed by atoms with Crippen LogP contribution in [0.25, 0.3) is 11.4 Å². The molecule has 198 valence electrons. The molecule has 1 aromatic heterocycles. The predicted molar refractivity (Wildman–Crippen MR) is 134 cm³/mol. The Balaban J connectivity index is 2.07. The molecule has 0 aliphatic carbocycles. The largest absolute Gasteiger partial charge is 0.460 e. The molecule has 0 spiro atoms. The van der Waals surface area contributed by atoms with E-state index >= 15 is 0 Å². The third kappa shape index (κ3) is 10.1. The minimum atomic E-state index is -0.639. The van der Waals surface area contributed by atoms with Gasteiger partial charge in [-0.1, -0.05) is 17.3 Å². The summed E-state index contributed by atoms with van der Waals surface area (Å²) in [4.78, 5) is 43.5. The van der Waals surface area contributed by atoms with Crippen molar-refractivity contribution in [1.29, 1.82) is 0 Å². The molecule has 1 atom stereocenters. The zero-order valence-corrected chi connectivity index (χ0v) is 22.5. The first kappa shape index (κ1) is 28.8. The lowest BCUT2D eigenvalue weighted by Gasteiger charge is -2.26. The average Bonchev–Trinajstić information content (AvgIpc) is 3.17. The molecule has 10 nitrogen and oxygen atoms in total. The molecule has 1 heterocycles. The molecular formula is C26H38N4O6. The fraction of sp³-hybridized carbons (Fsp3) is 0.577. The molecule has 0 saturated carbocycles. The molecule has 0 saturated heterocycles. The number of nitrogens with zero attached hydrogens (tertiary/aromatic N) is 3. The maximum Gasteiger partial charge on any atom is 0.410 e. The molecule has 0 fully saturated rings. The number of hydrogen-bond acceptors (Lipinski definition) is 8. The molecule has 0 unspecified atom stereocenters. The van der Waals surface area contributed by atoms with Crippen molar-refractivity contribution in [3.63, 3.8) is 0 Å². The first-order valence-electron chi connectivity index (χ1n) is 12.0. The molecular weight excluding hydrogens is 464 g/mol. The van der Waals surface area contributed by atoms with Crippen LogP contribution in [0.15, 0.2) is 28.8 Å². The van der Waals surface area contributed by atoms with E-state index in [0.717, 1.165) is 0 Å². The molecule has 0 bridgehead atoms. The highest BCUT2D eigenvalue weighted by Gasteiger charge is 2.24. The summed E-state index contributed by atoms with van der Waals surface area (Å²) in [5.74, 6) is 0.0571. The Labute approximate surface area is 212 Å². The van der Waals surface area contributed by atoms with Crippen LogP contribution in [0.3, 0.4) is 0 Å². The van der Waals surface area contributed by atoms with E-state index in [0.29, 0.717) is 42.2 Å². The van der Waals surface area contributed by atoms with E-state index in [2.05, 4.69) is 15.5 Å². The third-order valence-electron chi connectivity index (χ3n) is 4.83. The molecule has 0 aliphatic rings. The van der Waals surface area contributed by atoms with Gasteiger partial charge in [0.1, 0.15) is 11.2 Å². The quantitative estimate of drug-likeness (QED) is 0.496. The van der Waals surface area contributed by atoms with Crippen LogP contribution in [0.4, 0.5) is 4.79 Å². The minimum absolute atomic E-state index is 0.00287. The first-order valence-corrected chi connectivity index (χ1v) is 12.0. The van der Waals surface area contributed by atoms with Crippen LogP contribution in [0.2, 0.25) is 0 Å². The Kier molecular flexibility index (Phi) is 9.61. The van der Waals surface area contributed by atoms with Gasteiger partial charge in [0.15, 0.2) is 0 Å². The second kappa shape index (κ2) is 12.0. The van der Waals surface area contributed by atoms with E-state index in [1.807, 2.05) is 0 Å². The summed E-state index contributed by atoms with van der Waals surface area (Å²) in [6, 6.07) is 6.36. The van der Waals surface area contributed by atoms with Crippen molar-refractivity contribution in [3.8, 4) is 11.4 Å². The number of carbonyl (C=O) groups excluding carboxylic acids is 3. The SMILES string of the molecule is Cc1nc(-c2cccc(C(=O)N[C@@H](CCCN(C)C(=O)OC(C)(C)C)CC(=O)OC(C)(C)C)c2)no1. The summed E-state index contributed by atoms with van der Waals surface area (Å²) in [6.07, 6.45) is 0.583. The predicted octanol–water partition coefficient (Wildman–Crippen LogP) is 4.52. The summed E-state index contributed by atoms with van der Waals surface area (Å²) < 4.78 is 15.9. The zero-order valence-electron chi connectivity index (χ0n) is 22.5. The first-order chi connectivity index (χ1) is 16.6. The monoisotopic (exact) mass is 502 g/mol. The van der Waals surface area contributed by atoms with Gasteiger partial charge in [-0.3, -0.25) is 9.59 Å². The standard InChI is InChI=1S/C26H38N4O6/c1-17-27-22(29-36-17)18-11-9-12-19(15-18)23(32)28-20(16-21(31)34-25(2,3)4)13-10-14-30(8)24(33)35-26(5,6)7/h9,11-12,15,20H,10,13-14,16H2,1-8H3,(H,28,32)/t20-/m0/s1. The van der Waals surface area contributed by atoms with Gasteiger partial charge in [0.25, 0.3) is 5.91 Å². The number of ether oxygens (including phenoxy) is 2. The summed E-state index contributed by atoms with van der Waals surface area (Å²) in [7, 11) is 1.65. The molecule has 0 radical (unpaired) electrons. The highest BCUT2D eigenvalue weighted by Crippen LogP contribution is 2.18. The number of nitrogens with one attached hydrogen (secondary N) is 1. The van der Waals surface area contributed by atoms with Gasteiger partial charge in [-0.2, -0.15) is 4.98 Å². The van der Waals surface area contributed by atoms with E-state index in [1.165, 1.54) is 4.90 Å². The Morgan fingerprint density at radius 3 is 2.33 bits per heavy atom. The summed E-state index contributed by atoms with van der Waals surface area (Å²) in [5.41, 5.74) is -0.190. The molecule has 1 N–H and O–H groups in total. The highest BCUT2D eigenvalue weighted by atomic mass is 16.6. The third-order valence-corrected chi connectivity index (χ3v) is 4.83. The normalized spacial score (nSPS) is 12.6. The van der Waals surface area contributed by atoms with Gasteiger partial charge in [0.05, 0.1) is 6.42 Å². The number of hydrogen-bond donors (Lipinski definition) is 1.